The van der Waals surface area contributed by atoms with Gasteiger partial charge in [0, 0.05) is 12.2 Å². The van der Waals surface area contributed by atoms with Gasteiger partial charge in [0.25, 0.3) is 0 Å². The van der Waals surface area contributed by atoms with Crippen LogP contribution in [-0.2, 0) is 32.0 Å². The molecule has 0 aliphatic rings. The van der Waals surface area contributed by atoms with E-state index in [0.29, 0.717) is 0 Å². The maximum absolute atomic E-state index is 12.8. The second-order valence-corrected chi connectivity index (χ2v) is 7.95. The predicted molar refractivity (Wildman–Crippen MR) is 128 cm³/mol. The molecule has 10 nitrogen and oxygen atoms in total. The number of benzene rings is 2. The van der Waals surface area contributed by atoms with Crippen LogP contribution in [0.3, 0.4) is 0 Å². The number of rotatable bonds is 12. The lowest BCUT2D eigenvalue weighted by molar-refractivity contribution is -0.138. The Morgan fingerprint density at radius 3 is 2.00 bits per heavy atom. The van der Waals surface area contributed by atoms with Gasteiger partial charge < -0.3 is 31.9 Å². The van der Waals surface area contributed by atoms with E-state index in [9.17, 15) is 24.3 Å². The highest BCUT2D eigenvalue weighted by Gasteiger charge is 2.28. The standard InChI is InChI=1S/C23H28N4O6S/c24-17(10-15-6-8-16(28)9-7-15)21(31)27-19(13-34)23(33)26-18(22(32)25-12-20(29)30)11-14-4-2-1-3-5-14/h1-9,17-19,28,34H,10-13,24H2,(H,25,32)(H,26,33)(H,27,31)(H,29,30). The van der Waals surface area contributed by atoms with E-state index in [1.165, 1.54) is 12.1 Å². The normalized spacial score (nSPS) is 13.2. The van der Waals surface area contributed by atoms with E-state index in [1.807, 2.05) is 0 Å². The molecule has 0 fully saturated rings. The van der Waals surface area contributed by atoms with E-state index >= 15 is 0 Å². The van der Waals surface area contributed by atoms with Crippen molar-refractivity contribution in [3.8, 4) is 5.75 Å². The van der Waals surface area contributed by atoms with Crippen molar-refractivity contribution in [1.29, 1.82) is 0 Å². The molecule has 3 amide bonds. The number of nitrogens with two attached hydrogens (primary N) is 1. The number of carbonyl (C=O) groups is 4. The summed E-state index contributed by atoms with van der Waals surface area (Å²) in [4.78, 5) is 48.7. The number of aromatic hydroxyl groups is 1. The van der Waals surface area contributed by atoms with E-state index in [4.69, 9.17) is 10.8 Å². The van der Waals surface area contributed by atoms with Crippen LogP contribution >= 0.6 is 12.6 Å². The summed E-state index contributed by atoms with van der Waals surface area (Å²) >= 11 is 4.13. The summed E-state index contributed by atoms with van der Waals surface area (Å²) in [5.74, 6) is -3.11. The number of aliphatic carboxylic acids is 1. The molecule has 3 atom stereocenters. The minimum absolute atomic E-state index is 0.0572. The smallest absolute Gasteiger partial charge is 0.322 e. The van der Waals surface area contributed by atoms with Crippen molar-refractivity contribution in [3.63, 3.8) is 0 Å². The van der Waals surface area contributed by atoms with Crippen LogP contribution < -0.4 is 21.7 Å². The number of phenols is 1. The molecule has 0 aromatic heterocycles. The lowest BCUT2D eigenvalue weighted by Gasteiger charge is -2.23. The second kappa shape index (κ2) is 13.2. The van der Waals surface area contributed by atoms with Gasteiger partial charge in [0.05, 0.1) is 6.04 Å². The fourth-order valence-corrected chi connectivity index (χ4v) is 3.33. The van der Waals surface area contributed by atoms with Crippen molar-refractivity contribution in [2.75, 3.05) is 12.3 Å². The Bertz CT molecular complexity index is 987. The van der Waals surface area contributed by atoms with Crippen LogP contribution in [-0.4, -0.2) is 64.3 Å². The molecule has 0 saturated heterocycles. The monoisotopic (exact) mass is 488 g/mol. The molecule has 182 valence electrons. The zero-order chi connectivity index (χ0) is 25.1. The van der Waals surface area contributed by atoms with E-state index in [1.54, 1.807) is 42.5 Å². The maximum atomic E-state index is 12.8. The molecule has 0 heterocycles. The summed E-state index contributed by atoms with van der Waals surface area (Å²) in [5, 5.41) is 25.5. The summed E-state index contributed by atoms with van der Waals surface area (Å²) in [6.07, 6.45) is 0.298. The molecule has 2 aromatic carbocycles. The van der Waals surface area contributed by atoms with Crippen LogP contribution in [0.25, 0.3) is 0 Å². The van der Waals surface area contributed by atoms with Crippen LogP contribution in [0.5, 0.6) is 5.75 Å². The molecule has 11 heteroatoms. The number of hydrogen-bond acceptors (Lipinski definition) is 7. The first-order chi connectivity index (χ1) is 16.2. The largest absolute Gasteiger partial charge is 0.508 e. The molecule has 3 unspecified atom stereocenters. The first-order valence-electron chi connectivity index (χ1n) is 10.5. The van der Waals surface area contributed by atoms with Crippen molar-refractivity contribution < 1.29 is 29.4 Å². The number of thiol groups is 1. The lowest BCUT2D eigenvalue weighted by atomic mass is 10.0. The minimum atomic E-state index is -1.22. The Balaban J connectivity index is 2.03. The highest BCUT2D eigenvalue weighted by atomic mass is 32.1. The number of carboxylic acid groups (broad SMARTS) is 1. The van der Waals surface area contributed by atoms with Gasteiger partial charge in [0.1, 0.15) is 24.4 Å². The zero-order valence-electron chi connectivity index (χ0n) is 18.3. The number of amides is 3. The molecule has 0 aliphatic carbocycles. The molecular formula is C23H28N4O6S. The summed E-state index contributed by atoms with van der Waals surface area (Å²) in [5.41, 5.74) is 7.44. The summed E-state index contributed by atoms with van der Waals surface area (Å²) < 4.78 is 0. The van der Waals surface area contributed by atoms with Crippen LogP contribution in [0.15, 0.2) is 54.6 Å². The van der Waals surface area contributed by atoms with Gasteiger partial charge in [-0.25, -0.2) is 0 Å². The van der Waals surface area contributed by atoms with Gasteiger partial charge in [0.15, 0.2) is 0 Å². The Morgan fingerprint density at radius 2 is 1.41 bits per heavy atom. The third kappa shape index (κ3) is 8.75. The van der Waals surface area contributed by atoms with Crippen LogP contribution in [0.1, 0.15) is 11.1 Å². The zero-order valence-corrected chi connectivity index (χ0v) is 19.2. The van der Waals surface area contributed by atoms with Crippen molar-refractivity contribution in [2.45, 2.75) is 31.0 Å². The molecule has 0 saturated carbocycles. The van der Waals surface area contributed by atoms with E-state index in [-0.39, 0.29) is 24.3 Å². The molecule has 34 heavy (non-hydrogen) atoms. The van der Waals surface area contributed by atoms with Crippen molar-refractivity contribution in [2.24, 2.45) is 5.73 Å². The van der Waals surface area contributed by atoms with Crippen molar-refractivity contribution in [3.05, 3.63) is 65.7 Å². The Kier molecular flexibility index (Phi) is 10.4. The van der Waals surface area contributed by atoms with Crippen molar-refractivity contribution in [1.82, 2.24) is 16.0 Å². The first kappa shape index (κ1) is 26.7. The van der Waals surface area contributed by atoms with E-state index in [0.717, 1.165) is 11.1 Å². The number of phenolic OH excluding ortho intramolecular Hbond substituents is 1. The fourth-order valence-electron chi connectivity index (χ4n) is 3.07. The van der Waals surface area contributed by atoms with Gasteiger partial charge in [-0.3, -0.25) is 19.2 Å². The van der Waals surface area contributed by atoms with Gasteiger partial charge in [-0.05, 0) is 29.7 Å². The third-order valence-electron chi connectivity index (χ3n) is 4.87. The number of nitrogens with one attached hydrogen (secondary N) is 3. The van der Waals surface area contributed by atoms with Crippen LogP contribution in [0, 0.1) is 0 Å². The highest BCUT2D eigenvalue weighted by Crippen LogP contribution is 2.11. The topological polar surface area (TPSA) is 171 Å². The number of hydrogen-bond donors (Lipinski definition) is 7. The van der Waals surface area contributed by atoms with E-state index < -0.39 is 48.4 Å². The van der Waals surface area contributed by atoms with Crippen molar-refractivity contribution >= 4 is 36.3 Å². The Labute approximate surface area is 202 Å². The summed E-state index contributed by atoms with van der Waals surface area (Å²) in [6.45, 7) is -0.598. The maximum Gasteiger partial charge on any atom is 0.322 e. The number of carbonyl (C=O) groups excluding carboxylic acids is 3. The molecule has 0 aliphatic heterocycles. The fraction of sp³-hybridized carbons (Fsp3) is 0.304. The van der Waals surface area contributed by atoms with Gasteiger partial charge >= 0.3 is 5.97 Å². The van der Waals surface area contributed by atoms with Gasteiger partial charge in [-0.2, -0.15) is 12.6 Å². The SMILES string of the molecule is NC(Cc1ccc(O)cc1)C(=O)NC(CS)C(=O)NC(Cc1ccccc1)C(=O)NCC(=O)O. The summed E-state index contributed by atoms with van der Waals surface area (Å²) in [6, 6.07) is 12.0. The van der Waals surface area contributed by atoms with Gasteiger partial charge in [0.2, 0.25) is 17.7 Å². The highest BCUT2D eigenvalue weighted by molar-refractivity contribution is 7.80. The Hall–Kier alpha value is -3.57. The average molecular weight is 489 g/mol. The predicted octanol–water partition coefficient (Wildman–Crippen LogP) is -0.395. The lowest BCUT2D eigenvalue weighted by Crippen LogP contribution is -2.57. The molecule has 0 spiro atoms. The molecule has 7 N–H and O–H groups in total. The minimum Gasteiger partial charge on any atom is -0.508 e. The summed E-state index contributed by atoms with van der Waals surface area (Å²) in [7, 11) is 0. The average Bonchev–Trinajstić information content (AvgIpc) is 2.82. The van der Waals surface area contributed by atoms with Crippen LogP contribution in [0.4, 0.5) is 0 Å². The van der Waals surface area contributed by atoms with Crippen LogP contribution in [0.2, 0.25) is 0 Å². The third-order valence-corrected chi connectivity index (χ3v) is 5.24. The quantitative estimate of drug-likeness (QED) is 0.199. The van der Waals surface area contributed by atoms with E-state index in [2.05, 4.69) is 28.6 Å². The van der Waals surface area contributed by atoms with Gasteiger partial charge in [-0.15, -0.1) is 0 Å². The molecule has 2 aromatic rings. The molecule has 0 radical (unpaired) electrons. The molecular weight excluding hydrogens is 460 g/mol. The molecule has 2 rings (SSSR count). The molecule has 0 bridgehead atoms. The number of carboxylic acids is 1. The van der Waals surface area contributed by atoms with Gasteiger partial charge in [-0.1, -0.05) is 42.5 Å². The second-order valence-electron chi connectivity index (χ2n) is 7.58. The Morgan fingerprint density at radius 1 is 0.824 bits per heavy atom. The first-order valence-corrected chi connectivity index (χ1v) is 11.1.